The molecule has 31 heavy (non-hydrogen) atoms. The Kier molecular flexibility index (Phi) is 8.96. The highest BCUT2D eigenvalue weighted by molar-refractivity contribution is 5.78. The van der Waals surface area contributed by atoms with Crippen LogP contribution in [0.15, 0.2) is 54.7 Å². The van der Waals surface area contributed by atoms with Crippen LogP contribution in [0.3, 0.4) is 0 Å². The highest BCUT2D eigenvalue weighted by Gasteiger charge is 2.32. The molecule has 0 saturated heterocycles. The molecule has 1 aliphatic carbocycles. The molecular weight excluding hydrogens is 413 g/mol. The third kappa shape index (κ3) is 7.99. The lowest BCUT2D eigenvalue weighted by atomic mass is 10.0. The fourth-order valence-electron chi connectivity index (χ4n) is 3.23. The predicted molar refractivity (Wildman–Crippen MR) is 109 cm³/mol. The van der Waals surface area contributed by atoms with E-state index < -0.39 is 11.7 Å². The van der Waals surface area contributed by atoms with Gasteiger partial charge in [-0.3, -0.25) is 4.79 Å². The molecule has 1 saturated carbocycles. The first-order valence-electron chi connectivity index (χ1n) is 9.82. The summed E-state index contributed by atoms with van der Waals surface area (Å²) in [6.07, 6.45) is 4.11. The Hall–Kier alpha value is -2.97. The third-order valence-corrected chi connectivity index (χ3v) is 4.94. The minimum absolute atomic E-state index is 0.0137. The van der Waals surface area contributed by atoms with Crippen molar-refractivity contribution in [3.63, 3.8) is 0 Å². The van der Waals surface area contributed by atoms with Gasteiger partial charge >= 0.3 is 6.18 Å². The Morgan fingerprint density at radius 2 is 2.10 bits per heavy atom. The first-order chi connectivity index (χ1) is 14.7. The van der Waals surface area contributed by atoms with Crippen molar-refractivity contribution in [3.8, 4) is 5.88 Å². The number of pyridine rings is 1. The van der Waals surface area contributed by atoms with E-state index in [1.807, 2.05) is 0 Å². The van der Waals surface area contributed by atoms with Crippen LogP contribution in [0, 0.1) is 5.92 Å². The first kappa shape index (κ1) is 24.3. The Morgan fingerprint density at radius 1 is 1.32 bits per heavy atom. The monoisotopic (exact) mass is 440 g/mol. The lowest BCUT2D eigenvalue weighted by molar-refractivity contribution is -0.137. The molecule has 0 bridgehead atoms. The van der Waals surface area contributed by atoms with Crippen LogP contribution in [0.25, 0.3) is 0 Å². The summed E-state index contributed by atoms with van der Waals surface area (Å²) in [5.74, 6) is 0.638. The standard InChI is InChI=1S/C22H27F3N2O4/c1-15(29-2)6-4-8-18(30-3)13-20(28)27-19-9-5-7-16(19)14-31-21-12-17(10-11-26-21)22(23,24)25/h4,6,8,10-12,16,19H,1,5,7,9,13-14H2,2-3H3,(H,27,28)/b6-4-,18-8+/t16?,19-/m1/s1. The number of nitrogens with one attached hydrogen (secondary N) is 1. The average molecular weight is 440 g/mol. The maximum absolute atomic E-state index is 12.8. The minimum Gasteiger partial charge on any atom is -0.501 e. The summed E-state index contributed by atoms with van der Waals surface area (Å²) < 4.78 is 54.1. The summed E-state index contributed by atoms with van der Waals surface area (Å²) in [5.41, 5.74) is -0.809. The number of amides is 1. The van der Waals surface area contributed by atoms with Crippen LogP contribution in [0.1, 0.15) is 31.2 Å². The van der Waals surface area contributed by atoms with Gasteiger partial charge in [0.2, 0.25) is 11.8 Å². The molecule has 1 aliphatic rings. The molecular formula is C22H27F3N2O4. The third-order valence-electron chi connectivity index (χ3n) is 4.94. The van der Waals surface area contributed by atoms with Gasteiger partial charge in [0.15, 0.2) is 0 Å². The van der Waals surface area contributed by atoms with Gasteiger partial charge in [-0.2, -0.15) is 13.2 Å². The van der Waals surface area contributed by atoms with Gasteiger partial charge < -0.3 is 19.5 Å². The van der Waals surface area contributed by atoms with Gasteiger partial charge in [-0.1, -0.05) is 19.1 Å². The molecule has 1 aromatic heterocycles. The van der Waals surface area contributed by atoms with E-state index in [1.54, 1.807) is 18.2 Å². The fourth-order valence-corrected chi connectivity index (χ4v) is 3.23. The van der Waals surface area contributed by atoms with Crippen molar-refractivity contribution >= 4 is 5.91 Å². The Morgan fingerprint density at radius 3 is 2.77 bits per heavy atom. The summed E-state index contributed by atoms with van der Waals surface area (Å²) in [6.45, 7) is 3.83. The molecule has 9 heteroatoms. The number of allylic oxidation sites excluding steroid dienone is 3. The Bertz CT molecular complexity index is 821. The lowest BCUT2D eigenvalue weighted by Gasteiger charge is -2.21. The number of carbonyl (C=O) groups excluding carboxylic acids is 1. The smallest absolute Gasteiger partial charge is 0.416 e. The number of halogens is 3. The molecule has 1 fully saturated rings. The van der Waals surface area contributed by atoms with E-state index in [4.69, 9.17) is 14.2 Å². The summed E-state index contributed by atoms with van der Waals surface area (Å²) in [5, 5.41) is 2.97. The van der Waals surface area contributed by atoms with Gasteiger partial charge in [0, 0.05) is 24.2 Å². The number of methoxy groups -OCH3 is 2. The quantitative estimate of drug-likeness (QED) is 0.431. The van der Waals surface area contributed by atoms with E-state index in [0.29, 0.717) is 11.5 Å². The summed E-state index contributed by atoms with van der Waals surface area (Å²) in [6, 6.07) is 1.65. The maximum Gasteiger partial charge on any atom is 0.416 e. The van der Waals surface area contributed by atoms with E-state index >= 15 is 0 Å². The Balaban J connectivity index is 1.89. The van der Waals surface area contributed by atoms with E-state index in [1.165, 1.54) is 14.2 Å². The molecule has 2 atom stereocenters. The van der Waals surface area contributed by atoms with Crippen LogP contribution in [-0.4, -0.2) is 37.8 Å². The number of aromatic nitrogens is 1. The van der Waals surface area contributed by atoms with Gasteiger partial charge in [-0.15, -0.1) is 0 Å². The van der Waals surface area contributed by atoms with Gasteiger partial charge in [0.25, 0.3) is 0 Å². The van der Waals surface area contributed by atoms with Crippen LogP contribution in [0.2, 0.25) is 0 Å². The second-order valence-corrected chi connectivity index (χ2v) is 7.10. The van der Waals surface area contributed by atoms with Gasteiger partial charge in [-0.05, 0) is 31.1 Å². The number of nitrogens with zero attached hydrogens (tertiary/aromatic N) is 1. The van der Waals surface area contributed by atoms with E-state index in [9.17, 15) is 18.0 Å². The molecule has 1 N–H and O–H groups in total. The van der Waals surface area contributed by atoms with Crippen molar-refractivity contribution in [2.24, 2.45) is 5.92 Å². The largest absolute Gasteiger partial charge is 0.501 e. The van der Waals surface area contributed by atoms with Gasteiger partial charge in [-0.25, -0.2) is 4.98 Å². The number of carbonyl (C=O) groups is 1. The molecule has 1 unspecified atom stereocenters. The van der Waals surface area contributed by atoms with E-state index in [-0.39, 0.29) is 36.8 Å². The molecule has 1 amide bonds. The predicted octanol–water partition coefficient (Wildman–Crippen LogP) is 4.40. The van der Waals surface area contributed by atoms with Gasteiger partial charge in [0.1, 0.15) is 11.5 Å². The molecule has 2 rings (SSSR count). The summed E-state index contributed by atoms with van der Waals surface area (Å²) in [4.78, 5) is 16.3. The summed E-state index contributed by atoms with van der Waals surface area (Å²) in [7, 11) is 2.98. The van der Waals surface area contributed by atoms with E-state index in [2.05, 4.69) is 16.9 Å². The van der Waals surface area contributed by atoms with Crippen molar-refractivity contribution < 1.29 is 32.2 Å². The zero-order valence-corrected chi connectivity index (χ0v) is 17.6. The molecule has 0 spiro atoms. The number of ether oxygens (including phenoxy) is 3. The van der Waals surface area contributed by atoms with Crippen LogP contribution in [0.5, 0.6) is 5.88 Å². The van der Waals surface area contributed by atoms with Crippen molar-refractivity contribution in [1.82, 2.24) is 10.3 Å². The van der Waals surface area contributed by atoms with Crippen molar-refractivity contribution in [2.45, 2.75) is 37.9 Å². The average Bonchev–Trinajstić information content (AvgIpc) is 3.17. The number of hydrogen-bond donors (Lipinski definition) is 1. The topological polar surface area (TPSA) is 69.7 Å². The molecule has 1 heterocycles. The number of hydrogen-bond acceptors (Lipinski definition) is 5. The number of rotatable bonds is 10. The van der Waals surface area contributed by atoms with Crippen LogP contribution in [-0.2, 0) is 20.4 Å². The SMILES string of the molecule is C=C(/C=C\C=C(/CC(=O)N[C@@H]1CCCC1COc1cc(C(F)(F)F)ccn1)OC)OC. The molecule has 0 aliphatic heterocycles. The van der Waals surface area contributed by atoms with Crippen LogP contribution in [0.4, 0.5) is 13.2 Å². The number of alkyl halides is 3. The molecule has 0 aromatic carbocycles. The van der Waals surface area contributed by atoms with E-state index in [0.717, 1.165) is 37.6 Å². The minimum atomic E-state index is -4.45. The molecule has 6 nitrogen and oxygen atoms in total. The molecule has 170 valence electrons. The second-order valence-electron chi connectivity index (χ2n) is 7.10. The lowest BCUT2D eigenvalue weighted by Crippen LogP contribution is -2.39. The second kappa shape index (κ2) is 11.4. The normalized spacial score (nSPS) is 19.3. The maximum atomic E-state index is 12.8. The summed E-state index contributed by atoms with van der Waals surface area (Å²) >= 11 is 0. The van der Waals surface area contributed by atoms with Crippen LogP contribution >= 0.6 is 0 Å². The first-order valence-corrected chi connectivity index (χ1v) is 9.82. The van der Waals surface area contributed by atoms with Crippen molar-refractivity contribution in [3.05, 3.63) is 60.2 Å². The Labute approximate surface area is 179 Å². The zero-order valence-electron chi connectivity index (χ0n) is 17.6. The molecule has 0 radical (unpaired) electrons. The molecule has 1 aromatic rings. The fraction of sp³-hybridized carbons (Fsp3) is 0.455. The van der Waals surface area contributed by atoms with Crippen molar-refractivity contribution in [2.75, 3.05) is 20.8 Å². The van der Waals surface area contributed by atoms with Crippen LogP contribution < -0.4 is 10.1 Å². The highest BCUT2D eigenvalue weighted by Crippen LogP contribution is 2.31. The van der Waals surface area contributed by atoms with Gasteiger partial charge in [0.05, 0.1) is 32.8 Å². The highest BCUT2D eigenvalue weighted by atomic mass is 19.4. The van der Waals surface area contributed by atoms with Crippen molar-refractivity contribution in [1.29, 1.82) is 0 Å². The zero-order chi connectivity index (χ0) is 22.9.